The van der Waals surface area contributed by atoms with Crippen molar-refractivity contribution in [3.05, 3.63) is 66.5 Å². The number of rotatable bonds is 8. The lowest BCUT2D eigenvalue weighted by molar-refractivity contribution is -0.116. The second-order valence-electron chi connectivity index (χ2n) is 10.7. The van der Waals surface area contributed by atoms with Crippen LogP contribution in [0.4, 0.5) is 16.4 Å². The molecule has 3 heterocycles. The molecule has 3 N–H and O–H groups in total. The van der Waals surface area contributed by atoms with Crippen molar-refractivity contribution in [2.24, 2.45) is 5.92 Å². The molecule has 0 bridgehead atoms. The molecule has 210 valence electrons. The van der Waals surface area contributed by atoms with Crippen LogP contribution in [0.3, 0.4) is 0 Å². The topological polar surface area (TPSA) is 130 Å². The van der Waals surface area contributed by atoms with Crippen LogP contribution in [0.1, 0.15) is 37.7 Å². The number of fused-ring (bicyclic) bond motifs is 1. The van der Waals surface area contributed by atoms with Crippen molar-refractivity contribution in [1.82, 2.24) is 19.9 Å². The number of aromatic nitrogens is 3. The maximum Gasteiger partial charge on any atom is 0.407 e. The minimum atomic E-state index is -0.917. The van der Waals surface area contributed by atoms with Crippen molar-refractivity contribution in [3.8, 4) is 22.9 Å². The Hall–Kier alpha value is -4.73. The van der Waals surface area contributed by atoms with E-state index in [0.29, 0.717) is 54.3 Å². The molecule has 2 aromatic heterocycles. The lowest BCUT2D eigenvalue weighted by Gasteiger charge is -2.31. The van der Waals surface area contributed by atoms with Gasteiger partial charge in [-0.2, -0.15) is 0 Å². The Bertz CT molecular complexity index is 1610. The Labute approximate surface area is 237 Å². The number of piperidine rings is 1. The van der Waals surface area contributed by atoms with E-state index < -0.39 is 6.09 Å². The van der Waals surface area contributed by atoms with Crippen molar-refractivity contribution in [1.29, 1.82) is 0 Å². The van der Waals surface area contributed by atoms with Crippen LogP contribution in [0, 0.1) is 12.8 Å². The fourth-order valence-electron chi connectivity index (χ4n) is 5.26. The van der Waals surface area contributed by atoms with E-state index >= 15 is 0 Å². The lowest BCUT2D eigenvalue weighted by atomic mass is 10.0. The number of nitrogens with one attached hydrogen (secondary N) is 2. The van der Waals surface area contributed by atoms with Gasteiger partial charge in [0, 0.05) is 54.4 Å². The highest BCUT2D eigenvalue weighted by Gasteiger charge is 2.25. The molecule has 1 saturated heterocycles. The number of carbonyl (C=O) groups is 2. The average Bonchev–Trinajstić information content (AvgIpc) is 3.79. The first-order chi connectivity index (χ1) is 19.9. The Morgan fingerprint density at radius 3 is 2.73 bits per heavy atom. The van der Waals surface area contributed by atoms with Gasteiger partial charge in [-0.15, -0.1) is 0 Å². The van der Waals surface area contributed by atoms with Crippen LogP contribution >= 0.6 is 0 Å². The van der Waals surface area contributed by atoms with Gasteiger partial charge < -0.3 is 25.4 Å². The summed E-state index contributed by atoms with van der Waals surface area (Å²) < 4.78 is 6.50. The second kappa shape index (κ2) is 11.4. The average molecular weight is 553 g/mol. The number of hydrogen-bond acceptors (Lipinski definition) is 7. The number of amides is 2. The van der Waals surface area contributed by atoms with Gasteiger partial charge in [0.05, 0.1) is 11.3 Å². The molecule has 10 nitrogen and oxygen atoms in total. The monoisotopic (exact) mass is 552 g/mol. The SMILES string of the molecule is Cc1ccc2c(NC(=O)CC3CC3)cccc2c1Oc1ncccc1-c1ccnc(NC2CCCN(C(=O)O)C2)n1. The highest BCUT2D eigenvalue weighted by molar-refractivity contribution is 6.04. The van der Waals surface area contributed by atoms with Crippen molar-refractivity contribution in [2.75, 3.05) is 23.7 Å². The molecule has 6 rings (SSSR count). The van der Waals surface area contributed by atoms with Gasteiger partial charge in [-0.05, 0) is 68.4 Å². The first kappa shape index (κ1) is 26.5. The van der Waals surface area contributed by atoms with Crippen LogP contribution in [0.2, 0.25) is 0 Å². The smallest absolute Gasteiger partial charge is 0.407 e. The molecule has 2 amide bonds. The van der Waals surface area contributed by atoms with Crippen LogP contribution in [0.25, 0.3) is 22.0 Å². The van der Waals surface area contributed by atoms with Gasteiger partial charge in [0.1, 0.15) is 5.75 Å². The summed E-state index contributed by atoms with van der Waals surface area (Å²) in [4.78, 5) is 39.0. The van der Waals surface area contributed by atoms with Crippen molar-refractivity contribution >= 4 is 34.4 Å². The first-order valence-corrected chi connectivity index (χ1v) is 14.0. The van der Waals surface area contributed by atoms with Gasteiger partial charge in [0.2, 0.25) is 17.7 Å². The van der Waals surface area contributed by atoms with E-state index in [1.54, 1.807) is 18.5 Å². The van der Waals surface area contributed by atoms with Gasteiger partial charge in [0.15, 0.2) is 0 Å². The largest absolute Gasteiger partial charge is 0.465 e. The van der Waals surface area contributed by atoms with Gasteiger partial charge >= 0.3 is 6.09 Å². The molecule has 2 aromatic carbocycles. The number of likely N-dealkylation sites (tertiary alicyclic amines) is 1. The third-order valence-corrected chi connectivity index (χ3v) is 7.58. The van der Waals surface area contributed by atoms with E-state index in [0.717, 1.165) is 47.7 Å². The normalized spacial score (nSPS) is 16.8. The molecule has 2 aliphatic rings. The van der Waals surface area contributed by atoms with E-state index in [9.17, 15) is 14.7 Å². The van der Waals surface area contributed by atoms with Gasteiger partial charge in [-0.1, -0.05) is 24.3 Å². The number of benzene rings is 2. The van der Waals surface area contributed by atoms with Crippen LogP contribution in [0.5, 0.6) is 11.6 Å². The standard InChI is InChI=1S/C31H32N6O4/c1-19-9-12-22-23(6-2-8-25(22)35-27(38)17-20-10-11-20)28(19)41-29-24(7-3-14-32-29)26-13-15-33-30(36-26)34-21-5-4-16-37(18-21)31(39)40/h2-3,6-9,12-15,20-21H,4-5,10-11,16-18H2,1H3,(H,35,38)(H,39,40)(H,33,34,36). The summed E-state index contributed by atoms with van der Waals surface area (Å²) in [7, 11) is 0. The zero-order valence-electron chi connectivity index (χ0n) is 22.8. The quantitative estimate of drug-likeness (QED) is 0.240. The van der Waals surface area contributed by atoms with E-state index in [1.807, 2.05) is 49.4 Å². The summed E-state index contributed by atoms with van der Waals surface area (Å²) in [5, 5.41) is 17.5. The van der Waals surface area contributed by atoms with Crippen LogP contribution in [-0.2, 0) is 4.79 Å². The molecule has 10 heteroatoms. The molecular formula is C31H32N6O4. The van der Waals surface area contributed by atoms with Crippen LogP contribution in [0.15, 0.2) is 60.9 Å². The van der Waals surface area contributed by atoms with Gasteiger partial charge in [-0.25, -0.2) is 19.7 Å². The fourth-order valence-corrected chi connectivity index (χ4v) is 5.26. The number of hydrogen-bond donors (Lipinski definition) is 3. The molecule has 0 spiro atoms. The van der Waals surface area contributed by atoms with E-state index in [1.165, 1.54) is 4.90 Å². The van der Waals surface area contributed by atoms with E-state index in [2.05, 4.69) is 20.6 Å². The minimum absolute atomic E-state index is 0.0344. The zero-order valence-corrected chi connectivity index (χ0v) is 22.8. The number of pyridine rings is 1. The third-order valence-electron chi connectivity index (χ3n) is 7.58. The molecule has 1 unspecified atom stereocenters. The Morgan fingerprint density at radius 2 is 1.90 bits per heavy atom. The van der Waals surface area contributed by atoms with Gasteiger partial charge in [0.25, 0.3) is 0 Å². The molecule has 41 heavy (non-hydrogen) atoms. The summed E-state index contributed by atoms with van der Waals surface area (Å²) in [5.74, 6) is 2.01. The first-order valence-electron chi connectivity index (χ1n) is 14.0. The highest BCUT2D eigenvalue weighted by atomic mass is 16.5. The van der Waals surface area contributed by atoms with E-state index in [4.69, 9.17) is 9.72 Å². The Kier molecular flexibility index (Phi) is 7.37. The molecule has 1 atom stereocenters. The Morgan fingerprint density at radius 1 is 1.02 bits per heavy atom. The predicted molar refractivity (Wildman–Crippen MR) is 156 cm³/mol. The summed E-state index contributed by atoms with van der Waals surface area (Å²) in [5.41, 5.74) is 3.01. The summed E-state index contributed by atoms with van der Waals surface area (Å²) in [6.07, 6.45) is 6.84. The number of anilines is 2. The zero-order chi connectivity index (χ0) is 28.3. The van der Waals surface area contributed by atoms with Crippen molar-refractivity contribution in [3.63, 3.8) is 0 Å². The number of carboxylic acid groups (broad SMARTS) is 1. The molecular weight excluding hydrogens is 520 g/mol. The van der Waals surface area contributed by atoms with Crippen LogP contribution < -0.4 is 15.4 Å². The molecule has 4 aromatic rings. The van der Waals surface area contributed by atoms with E-state index in [-0.39, 0.29) is 11.9 Å². The molecule has 2 fully saturated rings. The summed E-state index contributed by atoms with van der Waals surface area (Å²) >= 11 is 0. The Balaban J connectivity index is 1.27. The second-order valence-corrected chi connectivity index (χ2v) is 10.7. The molecule has 0 radical (unpaired) electrons. The number of ether oxygens (including phenoxy) is 1. The highest BCUT2D eigenvalue weighted by Crippen LogP contribution is 2.39. The summed E-state index contributed by atoms with van der Waals surface area (Å²) in [6, 6.07) is 15.2. The predicted octanol–water partition coefficient (Wildman–Crippen LogP) is 6.09. The molecule has 1 aliphatic carbocycles. The third kappa shape index (κ3) is 6.06. The molecule has 1 aliphatic heterocycles. The van der Waals surface area contributed by atoms with Crippen LogP contribution in [-0.4, -0.2) is 56.1 Å². The maximum absolute atomic E-state index is 12.6. The summed E-state index contributed by atoms with van der Waals surface area (Å²) in [6.45, 7) is 2.90. The maximum atomic E-state index is 12.6. The lowest BCUT2D eigenvalue weighted by Crippen LogP contribution is -2.44. The van der Waals surface area contributed by atoms with Crippen molar-refractivity contribution in [2.45, 2.75) is 45.1 Å². The number of aryl methyl sites for hydroxylation is 1. The minimum Gasteiger partial charge on any atom is -0.465 e. The number of carbonyl (C=O) groups excluding carboxylic acids is 1. The van der Waals surface area contributed by atoms with Crippen molar-refractivity contribution < 1.29 is 19.4 Å². The van der Waals surface area contributed by atoms with Gasteiger partial charge in [-0.3, -0.25) is 4.79 Å². The fraction of sp³-hybridized carbons (Fsp3) is 0.323. The molecule has 1 saturated carbocycles. The number of nitrogens with zero attached hydrogens (tertiary/aromatic N) is 4.